The van der Waals surface area contributed by atoms with Crippen molar-refractivity contribution in [1.29, 1.82) is 0 Å². The Morgan fingerprint density at radius 1 is 1.19 bits per heavy atom. The smallest absolute Gasteiger partial charge is 0.412 e. The van der Waals surface area contributed by atoms with Gasteiger partial charge in [-0.3, -0.25) is 5.32 Å². The average molecular weight is 359 g/mol. The van der Waals surface area contributed by atoms with Crippen molar-refractivity contribution >= 4 is 17.7 Å². The van der Waals surface area contributed by atoms with Gasteiger partial charge in [0.05, 0.1) is 0 Å². The highest BCUT2D eigenvalue weighted by atomic mass is 19.1. The van der Waals surface area contributed by atoms with Gasteiger partial charge in [-0.15, -0.1) is 0 Å². The number of carboxylic acid groups (broad SMARTS) is 1. The van der Waals surface area contributed by atoms with Crippen LogP contribution in [-0.4, -0.2) is 22.3 Å². The van der Waals surface area contributed by atoms with Gasteiger partial charge in [-0.25, -0.2) is 14.0 Å². The van der Waals surface area contributed by atoms with Crippen molar-refractivity contribution in [1.82, 2.24) is 0 Å². The molecule has 0 aromatic heterocycles. The van der Waals surface area contributed by atoms with E-state index >= 15 is 0 Å². The normalized spacial score (nSPS) is 13.2. The van der Waals surface area contributed by atoms with Crippen LogP contribution in [0.2, 0.25) is 0 Å². The largest absolute Gasteiger partial charge is 0.505 e. The number of hydrogen-bond acceptors (Lipinski definition) is 4. The predicted octanol–water partition coefficient (Wildman–Crippen LogP) is 4.10. The standard InChI is InChI=1S/C19H18FNO5/c1-12(7-10-17(23)24)18(13-8-9-16(22)15(20)11-13)26-19(25)21-14-5-3-2-4-6-14/h2-12,18,22H,1H3,(H,21,25)(H,23,24)/b10-7+/t12-,18-/m0/s1. The molecule has 0 saturated heterocycles. The van der Waals surface area contributed by atoms with Gasteiger partial charge in [0.2, 0.25) is 0 Å². The Morgan fingerprint density at radius 3 is 2.50 bits per heavy atom. The molecule has 0 spiro atoms. The lowest BCUT2D eigenvalue weighted by atomic mass is 9.96. The molecular formula is C19H18FNO5. The quantitative estimate of drug-likeness (QED) is 0.675. The number of carbonyl (C=O) groups is 2. The van der Waals surface area contributed by atoms with Crippen molar-refractivity contribution in [2.75, 3.05) is 5.32 Å². The number of benzene rings is 2. The van der Waals surface area contributed by atoms with Crippen LogP contribution in [0.4, 0.5) is 14.9 Å². The molecule has 26 heavy (non-hydrogen) atoms. The number of rotatable bonds is 6. The summed E-state index contributed by atoms with van der Waals surface area (Å²) < 4.78 is 19.1. The maximum absolute atomic E-state index is 13.7. The Labute approximate surface area is 149 Å². The van der Waals surface area contributed by atoms with Gasteiger partial charge < -0.3 is 14.9 Å². The molecule has 2 aromatic carbocycles. The topological polar surface area (TPSA) is 95.9 Å². The maximum Gasteiger partial charge on any atom is 0.412 e. The summed E-state index contributed by atoms with van der Waals surface area (Å²) >= 11 is 0. The zero-order valence-electron chi connectivity index (χ0n) is 13.9. The molecule has 2 aromatic rings. The Balaban J connectivity index is 2.23. The summed E-state index contributed by atoms with van der Waals surface area (Å²) in [6.07, 6.45) is 0.537. The lowest BCUT2D eigenvalue weighted by Crippen LogP contribution is -2.21. The highest BCUT2D eigenvalue weighted by molar-refractivity contribution is 5.84. The van der Waals surface area contributed by atoms with Crippen molar-refractivity contribution in [3.05, 3.63) is 72.1 Å². The number of hydrogen-bond donors (Lipinski definition) is 3. The second kappa shape index (κ2) is 8.66. The molecule has 0 heterocycles. The van der Waals surface area contributed by atoms with Crippen LogP contribution in [0.3, 0.4) is 0 Å². The van der Waals surface area contributed by atoms with E-state index in [1.165, 1.54) is 12.1 Å². The van der Waals surface area contributed by atoms with Crippen LogP contribution >= 0.6 is 0 Å². The first-order valence-corrected chi connectivity index (χ1v) is 7.79. The summed E-state index contributed by atoms with van der Waals surface area (Å²) in [6, 6.07) is 12.2. The average Bonchev–Trinajstić information content (AvgIpc) is 2.61. The van der Waals surface area contributed by atoms with Gasteiger partial charge in [0.25, 0.3) is 0 Å². The number of phenols is 1. The SMILES string of the molecule is C[C@@H](/C=C/C(=O)O)[C@H](OC(=O)Nc1ccccc1)c1ccc(O)c(F)c1. The van der Waals surface area contributed by atoms with E-state index in [2.05, 4.69) is 5.32 Å². The van der Waals surface area contributed by atoms with E-state index in [1.807, 2.05) is 0 Å². The molecule has 0 saturated carbocycles. The second-order valence-electron chi connectivity index (χ2n) is 5.58. The van der Waals surface area contributed by atoms with Crippen molar-refractivity contribution in [3.63, 3.8) is 0 Å². The van der Waals surface area contributed by atoms with E-state index in [1.54, 1.807) is 37.3 Å². The van der Waals surface area contributed by atoms with Crippen LogP contribution in [0.5, 0.6) is 5.75 Å². The van der Waals surface area contributed by atoms with Crippen molar-refractivity contribution < 1.29 is 28.9 Å². The zero-order valence-corrected chi connectivity index (χ0v) is 13.9. The molecule has 0 aliphatic rings. The molecule has 6 nitrogen and oxygen atoms in total. The van der Waals surface area contributed by atoms with Gasteiger partial charge in [0, 0.05) is 17.7 Å². The van der Waals surface area contributed by atoms with Crippen LogP contribution in [0.25, 0.3) is 0 Å². The van der Waals surface area contributed by atoms with E-state index < -0.39 is 35.7 Å². The van der Waals surface area contributed by atoms with E-state index in [-0.39, 0.29) is 5.56 Å². The number of nitrogens with one attached hydrogen (secondary N) is 1. The monoisotopic (exact) mass is 359 g/mol. The molecule has 0 aliphatic carbocycles. The summed E-state index contributed by atoms with van der Waals surface area (Å²) in [5.74, 6) is -3.11. The number of carbonyl (C=O) groups excluding carboxylic acids is 1. The third-order valence-corrected chi connectivity index (χ3v) is 3.57. The minimum atomic E-state index is -1.15. The number of aromatic hydroxyl groups is 1. The fourth-order valence-corrected chi connectivity index (χ4v) is 2.30. The minimum Gasteiger partial charge on any atom is -0.505 e. The molecule has 0 radical (unpaired) electrons. The van der Waals surface area contributed by atoms with Crippen LogP contribution in [0.15, 0.2) is 60.7 Å². The molecule has 0 fully saturated rings. The minimum absolute atomic E-state index is 0.283. The molecule has 7 heteroatoms. The molecule has 3 N–H and O–H groups in total. The lowest BCUT2D eigenvalue weighted by molar-refractivity contribution is -0.131. The van der Waals surface area contributed by atoms with Crippen molar-refractivity contribution in [2.45, 2.75) is 13.0 Å². The summed E-state index contributed by atoms with van der Waals surface area (Å²) in [5.41, 5.74) is 0.799. The lowest BCUT2D eigenvalue weighted by Gasteiger charge is -2.23. The predicted molar refractivity (Wildman–Crippen MR) is 93.3 cm³/mol. The first kappa shape index (κ1) is 19.0. The molecule has 0 bridgehead atoms. The van der Waals surface area contributed by atoms with E-state index in [0.717, 1.165) is 18.2 Å². The third kappa shape index (κ3) is 5.34. The Bertz CT molecular complexity index is 807. The molecule has 1 amide bonds. The Morgan fingerprint density at radius 2 is 1.88 bits per heavy atom. The fraction of sp³-hybridized carbons (Fsp3) is 0.158. The molecule has 0 unspecified atom stereocenters. The van der Waals surface area contributed by atoms with Crippen LogP contribution < -0.4 is 5.32 Å². The summed E-state index contributed by atoms with van der Waals surface area (Å²) in [5, 5.41) is 20.6. The molecule has 2 rings (SSSR count). The van der Waals surface area contributed by atoms with Gasteiger partial charge in [0.15, 0.2) is 11.6 Å². The Hall–Kier alpha value is -3.35. The number of amides is 1. The fourth-order valence-electron chi connectivity index (χ4n) is 2.30. The number of halogens is 1. The van der Waals surface area contributed by atoms with Crippen LogP contribution in [0, 0.1) is 11.7 Å². The first-order chi connectivity index (χ1) is 12.4. The van der Waals surface area contributed by atoms with Gasteiger partial charge in [-0.1, -0.05) is 37.3 Å². The highest BCUT2D eigenvalue weighted by Gasteiger charge is 2.23. The van der Waals surface area contributed by atoms with Gasteiger partial charge in [0.1, 0.15) is 6.10 Å². The summed E-state index contributed by atoms with van der Waals surface area (Å²) in [6.45, 7) is 1.63. The number of ether oxygens (including phenoxy) is 1. The van der Waals surface area contributed by atoms with Crippen LogP contribution in [-0.2, 0) is 9.53 Å². The summed E-state index contributed by atoms with van der Waals surface area (Å²) in [4.78, 5) is 22.9. The number of para-hydroxylation sites is 1. The summed E-state index contributed by atoms with van der Waals surface area (Å²) in [7, 11) is 0. The zero-order chi connectivity index (χ0) is 19.1. The number of aliphatic carboxylic acids is 1. The van der Waals surface area contributed by atoms with E-state index in [9.17, 15) is 19.1 Å². The molecule has 136 valence electrons. The first-order valence-electron chi connectivity index (χ1n) is 7.79. The third-order valence-electron chi connectivity index (χ3n) is 3.57. The second-order valence-corrected chi connectivity index (χ2v) is 5.58. The van der Waals surface area contributed by atoms with Gasteiger partial charge >= 0.3 is 12.1 Å². The van der Waals surface area contributed by atoms with Crippen molar-refractivity contribution in [3.8, 4) is 5.75 Å². The molecular weight excluding hydrogens is 341 g/mol. The number of phenolic OH excluding ortho intramolecular Hbond substituents is 1. The van der Waals surface area contributed by atoms with E-state index in [4.69, 9.17) is 9.84 Å². The number of anilines is 1. The van der Waals surface area contributed by atoms with Gasteiger partial charge in [-0.05, 0) is 29.8 Å². The molecule has 0 aliphatic heterocycles. The van der Waals surface area contributed by atoms with E-state index in [0.29, 0.717) is 5.69 Å². The number of carboxylic acids is 1. The van der Waals surface area contributed by atoms with Gasteiger partial charge in [-0.2, -0.15) is 0 Å². The van der Waals surface area contributed by atoms with Crippen LogP contribution in [0.1, 0.15) is 18.6 Å². The van der Waals surface area contributed by atoms with Crippen molar-refractivity contribution in [2.24, 2.45) is 5.92 Å². The highest BCUT2D eigenvalue weighted by Crippen LogP contribution is 2.30. The Kier molecular flexibility index (Phi) is 6.32. The molecule has 2 atom stereocenters. The maximum atomic E-state index is 13.7.